The molecule has 0 spiro atoms. The van der Waals surface area contributed by atoms with Crippen LogP contribution in [0.4, 0.5) is 5.69 Å². The summed E-state index contributed by atoms with van der Waals surface area (Å²) in [4.78, 5) is 0.0862. The first-order valence-corrected chi connectivity index (χ1v) is 9.13. The average Bonchev–Trinajstić information content (AvgIpc) is 2.24. The topological polar surface area (TPSA) is 83.6 Å². The highest BCUT2D eigenvalue weighted by Crippen LogP contribution is 2.35. The van der Waals surface area contributed by atoms with Crippen molar-refractivity contribution in [1.82, 2.24) is 4.31 Å². The monoisotopic (exact) mass is 426 g/mol. The Hall–Kier alpha value is -0.150. The number of nitrogen functional groups attached to an aromatic ring is 1. The summed E-state index contributed by atoms with van der Waals surface area (Å²) in [5, 5.41) is 9.27. The molecule has 1 aromatic rings. The van der Waals surface area contributed by atoms with Crippen LogP contribution in [0.2, 0.25) is 0 Å². The molecule has 0 saturated heterocycles. The van der Waals surface area contributed by atoms with Gasteiger partial charge in [0, 0.05) is 22.5 Å². The number of nitrogens with zero attached hydrogens (tertiary/aromatic N) is 1. The van der Waals surface area contributed by atoms with Crippen LogP contribution in [-0.4, -0.2) is 37.5 Å². The van der Waals surface area contributed by atoms with Crippen molar-refractivity contribution in [2.24, 2.45) is 5.92 Å². The lowest BCUT2D eigenvalue weighted by molar-refractivity contribution is 0.0367. The molecule has 1 aromatic carbocycles. The Bertz CT molecular complexity index is 592. The van der Waals surface area contributed by atoms with Crippen molar-refractivity contribution in [3.8, 4) is 0 Å². The van der Waals surface area contributed by atoms with E-state index >= 15 is 0 Å². The molecular weight excluding hydrogens is 412 g/mol. The molecule has 0 atom stereocenters. The van der Waals surface area contributed by atoms with Gasteiger partial charge in [-0.3, -0.25) is 0 Å². The first-order valence-electron chi connectivity index (χ1n) is 6.10. The summed E-state index contributed by atoms with van der Waals surface area (Å²) in [5.74, 6) is 0.209. The molecule has 0 heterocycles. The van der Waals surface area contributed by atoms with Crippen LogP contribution < -0.4 is 5.73 Å². The second-order valence-electron chi connectivity index (χ2n) is 5.08. The predicted octanol–water partition coefficient (Wildman–Crippen LogP) is 2.19. The zero-order chi connectivity index (χ0) is 15.1. The van der Waals surface area contributed by atoms with E-state index in [4.69, 9.17) is 5.73 Å². The minimum atomic E-state index is -3.65. The fraction of sp³-hybridized carbons (Fsp3) is 0.500. The number of benzene rings is 1. The van der Waals surface area contributed by atoms with E-state index in [1.807, 2.05) is 0 Å². The maximum Gasteiger partial charge on any atom is 0.246 e. The first kappa shape index (κ1) is 16.2. The van der Waals surface area contributed by atoms with Crippen LogP contribution >= 0.6 is 31.9 Å². The minimum absolute atomic E-state index is 0.0862. The number of hydrogen-bond donors (Lipinski definition) is 2. The summed E-state index contributed by atoms with van der Waals surface area (Å²) >= 11 is 6.52. The van der Waals surface area contributed by atoms with E-state index in [0.29, 0.717) is 28.3 Å². The van der Waals surface area contributed by atoms with Crippen LogP contribution in [0, 0.1) is 5.92 Å². The molecule has 8 heteroatoms. The third-order valence-corrected chi connectivity index (χ3v) is 6.72. The number of rotatable bonds is 4. The second-order valence-corrected chi connectivity index (χ2v) is 8.83. The van der Waals surface area contributed by atoms with Gasteiger partial charge in [0.2, 0.25) is 10.0 Å². The largest absolute Gasteiger partial charge is 0.398 e. The van der Waals surface area contributed by atoms with Crippen molar-refractivity contribution in [3.63, 3.8) is 0 Å². The Morgan fingerprint density at radius 1 is 1.40 bits per heavy atom. The van der Waals surface area contributed by atoms with Crippen LogP contribution in [0.3, 0.4) is 0 Å². The van der Waals surface area contributed by atoms with Gasteiger partial charge >= 0.3 is 0 Å². The van der Waals surface area contributed by atoms with E-state index in [1.54, 1.807) is 12.1 Å². The summed E-state index contributed by atoms with van der Waals surface area (Å²) in [6.07, 6.45) is 1.01. The zero-order valence-electron chi connectivity index (χ0n) is 10.9. The Labute approximate surface area is 135 Å². The number of nitrogens with two attached hydrogens (primary N) is 1. The molecule has 3 N–H and O–H groups in total. The molecule has 1 fully saturated rings. The Morgan fingerprint density at radius 2 is 2.00 bits per heavy atom. The van der Waals surface area contributed by atoms with Crippen molar-refractivity contribution >= 4 is 47.6 Å². The van der Waals surface area contributed by atoms with Crippen molar-refractivity contribution in [3.05, 3.63) is 21.1 Å². The van der Waals surface area contributed by atoms with Crippen LogP contribution in [-0.2, 0) is 10.0 Å². The average molecular weight is 428 g/mol. The fourth-order valence-electron chi connectivity index (χ4n) is 2.32. The van der Waals surface area contributed by atoms with Gasteiger partial charge in [0.1, 0.15) is 4.90 Å². The van der Waals surface area contributed by atoms with E-state index in [-0.39, 0.29) is 22.6 Å². The van der Waals surface area contributed by atoms with Crippen LogP contribution in [0.15, 0.2) is 26.0 Å². The number of aliphatic hydroxyl groups excluding tert-OH is 1. The smallest absolute Gasteiger partial charge is 0.246 e. The van der Waals surface area contributed by atoms with Crippen molar-refractivity contribution in [1.29, 1.82) is 0 Å². The molecule has 0 bridgehead atoms. The van der Waals surface area contributed by atoms with Gasteiger partial charge in [-0.2, -0.15) is 0 Å². The van der Waals surface area contributed by atoms with Gasteiger partial charge in [0.05, 0.1) is 11.8 Å². The van der Waals surface area contributed by atoms with Crippen molar-refractivity contribution in [2.45, 2.75) is 23.8 Å². The van der Waals surface area contributed by atoms with E-state index in [9.17, 15) is 13.5 Å². The summed E-state index contributed by atoms with van der Waals surface area (Å²) < 4.78 is 27.6. The maximum absolute atomic E-state index is 12.6. The number of aliphatic hydroxyl groups is 1. The van der Waals surface area contributed by atoms with Crippen LogP contribution in [0.25, 0.3) is 0 Å². The summed E-state index contributed by atoms with van der Waals surface area (Å²) in [5.41, 5.74) is 6.04. The third-order valence-electron chi connectivity index (χ3n) is 3.43. The van der Waals surface area contributed by atoms with E-state index in [0.717, 1.165) is 0 Å². The number of hydrogen-bond acceptors (Lipinski definition) is 4. The Kier molecular flexibility index (Phi) is 4.80. The molecule has 1 aliphatic carbocycles. The number of anilines is 1. The first-order chi connectivity index (χ1) is 9.21. The number of halogens is 2. The zero-order valence-corrected chi connectivity index (χ0v) is 14.9. The summed E-state index contributed by atoms with van der Waals surface area (Å²) in [6, 6.07) is 3.22. The minimum Gasteiger partial charge on any atom is -0.398 e. The predicted molar refractivity (Wildman–Crippen MR) is 84.8 cm³/mol. The molecule has 0 unspecified atom stereocenters. The SMILES string of the molecule is CN(CC1CC(O)C1)S(=O)(=O)c1c(N)cc(Br)cc1Br. The van der Waals surface area contributed by atoms with E-state index in [1.165, 1.54) is 11.4 Å². The molecule has 112 valence electrons. The Morgan fingerprint density at radius 3 is 2.50 bits per heavy atom. The molecule has 20 heavy (non-hydrogen) atoms. The Balaban J connectivity index is 2.26. The lowest BCUT2D eigenvalue weighted by Crippen LogP contribution is -2.39. The third kappa shape index (κ3) is 3.19. The number of sulfonamides is 1. The fourth-order valence-corrected chi connectivity index (χ4v) is 5.57. The van der Waals surface area contributed by atoms with Crippen molar-refractivity contribution in [2.75, 3.05) is 19.3 Å². The molecule has 0 aromatic heterocycles. The summed E-state index contributed by atoms with van der Waals surface area (Å²) in [7, 11) is -2.11. The normalized spacial score (nSPS) is 22.9. The van der Waals surface area contributed by atoms with E-state index in [2.05, 4.69) is 31.9 Å². The van der Waals surface area contributed by atoms with Gasteiger partial charge in [-0.15, -0.1) is 0 Å². The van der Waals surface area contributed by atoms with Crippen LogP contribution in [0.1, 0.15) is 12.8 Å². The molecule has 0 amide bonds. The van der Waals surface area contributed by atoms with Gasteiger partial charge in [-0.25, -0.2) is 12.7 Å². The highest BCUT2D eigenvalue weighted by Gasteiger charge is 2.33. The van der Waals surface area contributed by atoms with Crippen molar-refractivity contribution < 1.29 is 13.5 Å². The molecular formula is C12H16Br2N2O3S. The molecule has 5 nitrogen and oxygen atoms in total. The van der Waals surface area contributed by atoms with Crippen LogP contribution in [0.5, 0.6) is 0 Å². The molecule has 0 radical (unpaired) electrons. The van der Waals surface area contributed by atoms with Gasteiger partial charge < -0.3 is 10.8 Å². The van der Waals surface area contributed by atoms with Gasteiger partial charge in [-0.1, -0.05) is 15.9 Å². The molecule has 1 saturated carbocycles. The lowest BCUT2D eigenvalue weighted by Gasteiger charge is -2.34. The van der Waals surface area contributed by atoms with Gasteiger partial charge in [-0.05, 0) is 46.8 Å². The maximum atomic E-state index is 12.6. The van der Waals surface area contributed by atoms with Gasteiger partial charge in [0.25, 0.3) is 0 Å². The standard InChI is InChI=1S/C12H16Br2N2O3S/c1-16(6-7-2-9(17)3-7)20(18,19)12-10(14)4-8(13)5-11(12)15/h4-5,7,9,17H,2-3,6,15H2,1H3. The highest BCUT2D eigenvalue weighted by atomic mass is 79.9. The second kappa shape index (κ2) is 5.92. The van der Waals surface area contributed by atoms with E-state index < -0.39 is 10.0 Å². The summed E-state index contributed by atoms with van der Waals surface area (Å²) in [6.45, 7) is 0.390. The molecule has 0 aliphatic heterocycles. The highest BCUT2D eigenvalue weighted by molar-refractivity contribution is 9.11. The lowest BCUT2D eigenvalue weighted by atomic mass is 9.82. The molecule has 1 aliphatic rings. The van der Waals surface area contributed by atoms with Gasteiger partial charge in [0.15, 0.2) is 0 Å². The quantitative estimate of drug-likeness (QED) is 0.721. The molecule has 2 rings (SSSR count).